The molecule has 107 heavy (non-hydrogen) atoms. The van der Waals surface area contributed by atoms with Gasteiger partial charge in [0.05, 0.1) is 44.1 Å². The van der Waals surface area contributed by atoms with Crippen molar-refractivity contribution in [3.8, 4) is 0 Å². The normalized spacial score (nSPS) is 22.9. The fraction of sp³-hybridized carbons (Fsp3) is 0.429. The fourth-order valence-electron chi connectivity index (χ4n) is 20.7. The number of fused-ring (bicyclic) bond motifs is 19. The molecule has 5 aliphatic heterocycles. The molecule has 20 rings (SSSR count). The molecule has 8 aliphatic rings. The monoisotopic (exact) mass is 1430 g/mol. The van der Waals surface area contributed by atoms with Crippen LogP contribution in [0.2, 0.25) is 0 Å². The predicted molar refractivity (Wildman–Crippen MR) is 426 cm³/mol. The van der Waals surface area contributed by atoms with Crippen LogP contribution in [0.5, 0.6) is 0 Å². The molecule has 8 aromatic heterocycles. The highest BCUT2D eigenvalue weighted by molar-refractivity contribution is 5.90. The van der Waals surface area contributed by atoms with Crippen LogP contribution in [0.4, 0.5) is 0 Å². The molecule has 0 radical (unpaired) electrons. The molecule has 11 unspecified atom stereocenters. The van der Waals surface area contributed by atoms with Gasteiger partial charge < -0.3 is 44.0 Å². The highest BCUT2D eigenvalue weighted by Crippen LogP contribution is 2.51. The summed E-state index contributed by atoms with van der Waals surface area (Å²) in [5, 5.41) is 53.2. The number of rotatable bonds is 12. The Balaban J connectivity index is 0.000000105. The lowest BCUT2D eigenvalue weighted by atomic mass is 9.87. The Morgan fingerprint density at radius 1 is 0.477 bits per heavy atom. The van der Waals surface area contributed by atoms with Crippen LogP contribution in [0.25, 0.3) is 43.6 Å². The SMILES string of the molecule is Cc1ccc2c(c1)c1c(n2CC(C)(O)c2cccnc2)CN(C)C2CCCC12.Cc1ccc2c(c1)c1c(n2CC(O)c2ccccn2)CC2CCCN2C1.Cc1ccc2c(c1)c1c(n2CC(O)c2ccncc2)CN(C)C2CCCC12.Cc1ccc2c(c1)c1c(n2CC(O)c2ccncc2)CNC2CCCC12. The van der Waals surface area contributed by atoms with E-state index in [0.29, 0.717) is 68.1 Å². The van der Waals surface area contributed by atoms with E-state index < -0.39 is 23.9 Å². The summed E-state index contributed by atoms with van der Waals surface area (Å²) in [7, 11) is 4.52. The van der Waals surface area contributed by atoms with E-state index in [4.69, 9.17) is 0 Å². The van der Waals surface area contributed by atoms with Crippen LogP contribution < -0.4 is 5.32 Å². The maximum absolute atomic E-state index is 11.4. The van der Waals surface area contributed by atoms with Gasteiger partial charge in [0.15, 0.2) is 0 Å². The van der Waals surface area contributed by atoms with E-state index in [1.165, 1.54) is 177 Å². The first-order valence-corrected chi connectivity index (χ1v) is 39.7. The molecule has 11 atom stereocenters. The quantitative estimate of drug-likeness (QED) is 0.0784. The third-order valence-corrected chi connectivity index (χ3v) is 25.9. The Labute approximate surface area is 629 Å². The number of pyridine rings is 4. The minimum Gasteiger partial charge on any atom is -0.387 e. The molecular weight excluding hydrogens is 1330 g/mol. The van der Waals surface area contributed by atoms with Gasteiger partial charge in [-0.15, -0.1) is 0 Å². The summed E-state index contributed by atoms with van der Waals surface area (Å²) in [4.78, 5) is 24.4. The molecule has 3 saturated carbocycles. The average Bonchev–Trinajstić information content (AvgIpc) is 1.59. The summed E-state index contributed by atoms with van der Waals surface area (Å²) >= 11 is 0. The molecule has 13 heterocycles. The number of hydrogen-bond acceptors (Lipinski definition) is 12. The number of aromatic nitrogens is 8. The van der Waals surface area contributed by atoms with Crippen molar-refractivity contribution in [2.24, 2.45) is 0 Å². The number of aryl methyl sites for hydroxylation is 4. The van der Waals surface area contributed by atoms with Crippen molar-refractivity contribution in [2.75, 3.05) is 20.6 Å². The summed E-state index contributed by atoms with van der Waals surface area (Å²) in [6.07, 6.45) is 26.0. The van der Waals surface area contributed by atoms with E-state index in [2.05, 4.69) is 173 Å². The molecule has 0 spiro atoms. The summed E-state index contributed by atoms with van der Waals surface area (Å²) in [6.45, 7) is 17.9. The molecule has 1 saturated heterocycles. The van der Waals surface area contributed by atoms with Crippen molar-refractivity contribution in [3.05, 3.63) is 260 Å². The molecular formula is C91H106N12O4. The number of hydrogen-bond donors (Lipinski definition) is 5. The van der Waals surface area contributed by atoms with Gasteiger partial charge in [-0.1, -0.05) is 77.9 Å². The van der Waals surface area contributed by atoms with Crippen molar-refractivity contribution in [1.29, 1.82) is 0 Å². The van der Waals surface area contributed by atoms with Crippen LogP contribution in [0, 0.1) is 27.7 Å². The van der Waals surface area contributed by atoms with Gasteiger partial charge in [-0.25, -0.2) is 0 Å². The zero-order valence-corrected chi connectivity index (χ0v) is 63.5. The van der Waals surface area contributed by atoms with Gasteiger partial charge in [-0.2, -0.15) is 0 Å². The van der Waals surface area contributed by atoms with Crippen LogP contribution in [0.3, 0.4) is 0 Å². The lowest BCUT2D eigenvalue weighted by Gasteiger charge is -2.36. The van der Waals surface area contributed by atoms with E-state index in [-0.39, 0.29) is 0 Å². The highest BCUT2D eigenvalue weighted by atomic mass is 16.3. The molecule has 0 bridgehead atoms. The Morgan fingerprint density at radius 3 is 1.54 bits per heavy atom. The summed E-state index contributed by atoms with van der Waals surface area (Å²) in [5.41, 5.74) is 24.4. The van der Waals surface area contributed by atoms with Crippen molar-refractivity contribution < 1.29 is 20.4 Å². The number of likely N-dealkylation sites (N-methyl/N-ethyl adjacent to an activating group) is 2. The second kappa shape index (κ2) is 29.7. The largest absolute Gasteiger partial charge is 0.387 e. The predicted octanol–water partition coefficient (Wildman–Crippen LogP) is 15.9. The minimum absolute atomic E-state index is 0.527. The Bertz CT molecular complexity index is 5180. The zero-order valence-electron chi connectivity index (χ0n) is 63.5. The van der Waals surface area contributed by atoms with Crippen LogP contribution in [0.1, 0.15) is 203 Å². The van der Waals surface area contributed by atoms with Gasteiger partial charge in [0.1, 0.15) is 11.7 Å². The molecule has 554 valence electrons. The van der Waals surface area contributed by atoms with E-state index >= 15 is 0 Å². The highest BCUT2D eigenvalue weighted by Gasteiger charge is 2.44. The second-order valence-corrected chi connectivity index (χ2v) is 32.9. The van der Waals surface area contributed by atoms with Gasteiger partial charge in [0.25, 0.3) is 0 Å². The van der Waals surface area contributed by atoms with Crippen molar-refractivity contribution in [2.45, 2.75) is 230 Å². The Kier molecular flexibility index (Phi) is 19.8. The third kappa shape index (κ3) is 13.6. The van der Waals surface area contributed by atoms with Crippen molar-refractivity contribution in [1.82, 2.24) is 58.2 Å². The van der Waals surface area contributed by atoms with Gasteiger partial charge in [-0.05, 0) is 231 Å². The van der Waals surface area contributed by atoms with Gasteiger partial charge in [0, 0.05) is 190 Å². The second-order valence-electron chi connectivity index (χ2n) is 32.9. The first-order chi connectivity index (χ1) is 52.0. The summed E-state index contributed by atoms with van der Waals surface area (Å²) in [6, 6.07) is 46.9. The molecule has 3 aliphatic carbocycles. The molecule has 16 heteroatoms. The molecule has 4 fully saturated rings. The first-order valence-electron chi connectivity index (χ1n) is 39.7. The standard InChI is InChI=1S/C24H29N3O.C23H27N3O.2C22H25N3O/c1-16-9-10-21-19(12-16)23-18-7-4-8-20(18)26(3)14-22(23)27(21)15-24(2,28)17-6-5-11-25-13-17;1-15-6-7-20-18(12-15)23-17-4-3-5-19(17)25(2)13-21(23)26(20)14-22(27)16-8-10-24-11-9-16;1-15-7-8-20-17(11-15)18-13-24-10-4-5-16(24)12-21(18)25(20)14-22(26)19-6-2-3-9-23-19;1-14-5-6-19-17(11-14)22-16-3-2-4-18(16)24-12-20(22)25(19)13-21(26)15-7-9-23-10-8-15/h5-6,9-13,18,20,28H,4,7-8,14-15H2,1-3H3;6-12,17,19,22,27H,3-5,13-14H2,1-2H3;2-3,6-9,11,16,22,26H,4-5,10,12-14H2,1H3;5-11,16,18,21,24,26H,2-4,12-13H2,1H3. The summed E-state index contributed by atoms with van der Waals surface area (Å²) in [5.74, 6) is 1.85. The molecule has 16 nitrogen and oxygen atoms in total. The maximum Gasteiger partial charge on any atom is 0.114 e. The molecule has 12 aromatic rings. The molecule has 0 amide bonds. The van der Waals surface area contributed by atoms with Gasteiger partial charge >= 0.3 is 0 Å². The number of benzene rings is 4. The molecule has 4 aromatic carbocycles. The van der Waals surface area contributed by atoms with E-state index in [1.54, 1.807) is 54.5 Å². The third-order valence-electron chi connectivity index (χ3n) is 25.9. The van der Waals surface area contributed by atoms with Crippen LogP contribution in [-0.2, 0) is 64.4 Å². The maximum atomic E-state index is 11.4. The molecule has 5 N–H and O–H groups in total. The number of aliphatic hydroxyl groups is 4. The Morgan fingerprint density at radius 2 is 0.981 bits per heavy atom. The van der Waals surface area contributed by atoms with Crippen molar-refractivity contribution in [3.63, 3.8) is 0 Å². The van der Waals surface area contributed by atoms with Crippen LogP contribution >= 0.6 is 0 Å². The number of aliphatic hydroxyl groups excluding tert-OH is 3. The van der Waals surface area contributed by atoms with E-state index in [0.717, 1.165) is 55.0 Å². The zero-order chi connectivity index (χ0) is 73.4. The Hall–Kier alpha value is -8.68. The van der Waals surface area contributed by atoms with Crippen molar-refractivity contribution >= 4 is 43.6 Å². The first kappa shape index (κ1) is 71.3. The van der Waals surface area contributed by atoms with Gasteiger partial charge in [0.2, 0.25) is 0 Å². The number of nitrogens with one attached hydrogen (secondary N) is 1. The fourth-order valence-corrected chi connectivity index (χ4v) is 20.7. The summed E-state index contributed by atoms with van der Waals surface area (Å²) < 4.78 is 9.46. The van der Waals surface area contributed by atoms with Crippen LogP contribution in [0.15, 0.2) is 171 Å². The minimum atomic E-state index is -0.968. The average molecular weight is 1430 g/mol. The van der Waals surface area contributed by atoms with Gasteiger partial charge in [-0.3, -0.25) is 34.6 Å². The smallest absolute Gasteiger partial charge is 0.114 e. The van der Waals surface area contributed by atoms with E-state index in [1.807, 2.05) is 61.5 Å². The topological polar surface area (TPSA) is 174 Å². The van der Waals surface area contributed by atoms with E-state index in [9.17, 15) is 20.4 Å². The van der Waals surface area contributed by atoms with Crippen LogP contribution in [-0.4, -0.2) is 118 Å². The lowest BCUT2D eigenvalue weighted by molar-refractivity contribution is 0.0372. The lowest BCUT2D eigenvalue weighted by Crippen LogP contribution is -2.39. The number of nitrogens with zero attached hydrogens (tertiary/aromatic N) is 11.